The first-order chi connectivity index (χ1) is 13.7. The van der Waals surface area contributed by atoms with Crippen LogP contribution >= 0.6 is 23.4 Å². The molecule has 150 valence electrons. The third kappa shape index (κ3) is 4.96. The van der Waals surface area contributed by atoms with E-state index in [2.05, 4.69) is 5.32 Å². The van der Waals surface area contributed by atoms with Crippen LogP contribution in [0.25, 0.3) is 6.08 Å². The molecule has 2 aromatic carbocycles. The summed E-state index contributed by atoms with van der Waals surface area (Å²) in [7, 11) is 3.84. The number of imide groups is 1. The summed E-state index contributed by atoms with van der Waals surface area (Å²) in [5.41, 5.74) is 2.05. The first-order valence-electron chi connectivity index (χ1n) is 8.52. The van der Waals surface area contributed by atoms with Gasteiger partial charge in [-0.1, -0.05) is 23.7 Å². The second-order valence-corrected chi connectivity index (χ2v) is 7.83. The predicted molar refractivity (Wildman–Crippen MR) is 113 cm³/mol. The molecule has 1 N–H and O–H groups in total. The normalized spacial score (nSPS) is 15.2. The van der Waals surface area contributed by atoms with Gasteiger partial charge in [-0.3, -0.25) is 19.3 Å². The molecule has 3 rings (SSSR count). The lowest BCUT2D eigenvalue weighted by Crippen LogP contribution is -2.36. The Bertz CT molecular complexity index is 1010. The molecular formula is C20H17ClFN3O3S. The molecule has 29 heavy (non-hydrogen) atoms. The monoisotopic (exact) mass is 433 g/mol. The number of carbonyl (C=O) groups excluding carboxylic acids is 3. The van der Waals surface area contributed by atoms with Crippen molar-refractivity contribution in [1.29, 1.82) is 0 Å². The molecule has 9 heteroatoms. The number of rotatable bonds is 5. The number of amides is 3. The van der Waals surface area contributed by atoms with Gasteiger partial charge in [0.05, 0.1) is 9.93 Å². The van der Waals surface area contributed by atoms with Gasteiger partial charge in [-0.05, 0) is 53.7 Å². The van der Waals surface area contributed by atoms with Gasteiger partial charge in [-0.15, -0.1) is 0 Å². The van der Waals surface area contributed by atoms with E-state index in [9.17, 15) is 18.8 Å². The van der Waals surface area contributed by atoms with Gasteiger partial charge in [0.15, 0.2) is 0 Å². The first-order valence-corrected chi connectivity index (χ1v) is 9.71. The van der Waals surface area contributed by atoms with Crippen molar-refractivity contribution in [2.75, 3.05) is 30.9 Å². The van der Waals surface area contributed by atoms with E-state index in [1.165, 1.54) is 12.1 Å². The van der Waals surface area contributed by atoms with Crippen LogP contribution in [0.1, 0.15) is 5.56 Å². The van der Waals surface area contributed by atoms with Crippen LogP contribution < -0.4 is 10.2 Å². The number of benzene rings is 2. The van der Waals surface area contributed by atoms with E-state index >= 15 is 0 Å². The zero-order chi connectivity index (χ0) is 21.1. The Morgan fingerprint density at radius 3 is 2.52 bits per heavy atom. The van der Waals surface area contributed by atoms with Crippen LogP contribution in [0.4, 0.5) is 20.6 Å². The van der Waals surface area contributed by atoms with Gasteiger partial charge in [-0.25, -0.2) is 4.39 Å². The second kappa shape index (κ2) is 8.67. The van der Waals surface area contributed by atoms with Gasteiger partial charge < -0.3 is 10.2 Å². The number of carbonyl (C=O) groups is 3. The lowest BCUT2D eigenvalue weighted by atomic mass is 10.2. The van der Waals surface area contributed by atoms with E-state index < -0.39 is 29.4 Å². The van der Waals surface area contributed by atoms with E-state index in [4.69, 9.17) is 11.6 Å². The molecule has 1 saturated heterocycles. The minimum atomic E-state index is -0.612. The average Bonchev–Trinajstić information content (AvgIpc) is 2.92. The number of hydrogen-bond donors (Lipinski definition) is 1. The van der Waals surface area contributed by atoms with Gasteiger partial charge in [0.2, 0.25) is 5.91 Å². The highest BCUT2D eigenvalue weighted by Gasteiger charge is 2.36. The number of nitrogens with one attached hydrogen (secondary N) is 1. The zero-order valence-corrected chi connectivity index (χ0v) is 17.2. The highest BCUT2D eigenvalue weighted by atomic mass is 35.5. The number of halogens is 2. The predicted octanol–water partition coefficient (Wildman–Crippen LogP) is 4.22. The highest BCUT2D eigenvalue weighted by molar-refractivity contribution is 8.18. The van der Waals surface area contributed by atoms with Gasteiger partial charge in [0, 0.05) is 25.5 Å². The minimum absolute atomic E-state index is 0.141. The lowest BCUT2D eigenvalue weighted by Gasteiger charge is -2.13. The van der Waals surface area contributed by atoms with Crippen molar-refractivity contribution in [1.82, 2.24) is 4.90 Å². The third-order valence-corrected chi connectivity index (χ3v) is 5.28. The second-order valence-electron chi connectivity index (χ2n) is 6.43. The summed E-state index contributed by atoms with van der Waals surface area (Å²) in [6.07, 6.45) is 1.61. The number of hydrogen-bond acceptors (Lipinski definition) is 5. The maximum Gasteiger partial charge on any atom is 0.294 e. The number of nitrogens with zero attached hydrogens (tertiary/aromatic N) is 2. The van der Waals surface area contributed by atoms with Gasteiger partial charge in [-0.2, -0.15) is 0 Å². The van der Waals surface area contributed by atoms with Crippen molar-refractivity contribution in [3.63, 3.8) is 0 Å². The van der Waals surface area contributed by atoms with Crippen LogP contribution in [0.3, 0.4) is 0 Å². The quantitative estimate of drug-likeness (QED) is 0.715. The van der Waals surface area contributed by atoms with Crippen molar-refractivity contribution in [3.05, 3.63) is 63.8 Å². The molecule has 3 amide bonds. The Morgan fingerprint density at radius 2 is 1.90 bits per heavy atom. The highest BCUT2D eigenvalue weighted by Crippen LogP contribution is 2.32. The molecule has 0 atom stereocenters. The molecular weight excluding hydrogens is 417 g/mol. The minimum Gasteiger partial charge on any atom is -0.378 e. The van der Waals surface area contributed by atoms with Crippen LogP contribution in [0.5, 0.6) is 0 Å². The molecule has 1 aliphatic rings. The Labute approximate surface area is 176 Å². The fraction of sp³-hybridized carbons (Fsp3) is 0.150. The molecule has 0 unspecified atom stereocenters. The Balaban J connectivity index is 1.68. The molecule has 1 aliphatic heterocycles. The van der Waals surface area contributed by atoms with E-state index in [0.717, 1.165) is 34.0 Å². The summed E-state index contributed by atoms with van der Waals surface area (Å²) < 4.78 is 13.2. The van der Waals surface area contributed by atoms with Crippen molar-refractivity contribution < 1.29 is 18.8 Å². The molecule has 0 aromatic heterocycles. The largest absolute Gasteiger partial charge is 0.378 e. The Hall–Kier alpha value is -2.84. The van der Waals surface area contributed by atoms with Gasteiger partial charge >= 0.3 is 0 Å². The molecule has 0 aliphatic carbocycles. The SMILES string of the molecule is CN(C)c1ccc(/C=C2/SC(=O)N(CC(=O)Nc3ccc(F)c(Cl)c3)C2=O)cc1. The van der Waals surface area contributed by atoms with Crippen molar-refractivity contribution in [2.45, 2.75) is 0 Å². The fourth-order valence-corrected chi connectivity index (χ4v) is 3.59. The number of anilines is 2. The Morgan fingerprint density at radius 1 is 1.21 bits per heavy atom. The van der Waals surface area contributed by atoms with E-state index in [0.29, 0.717) is 0 Å². The summed E-state index contributed by atoms with van der Waals surface area (Å²) >= 11 is 6.46. The third-order valence-electron chi connectivity index (χ3n) is 4.09. The molecule has 2 aromatic rings. The molecule has 0 radical (unpaired) electrons. The Kier molecular flexibility index (Phi) is 6.24. The standard InChI is InChI=1S/C20H17ClFN3O3S/c1-24(2)14-6-3-12(4-7-14)9-17-19(27)25(20(28)29-17)11-18(26)23-13-5-8-16(22)15(21)10-13/h3-10H,11H2,1-2H3,(H,23,26)/b17-9+. The van der Waals surface area contributed by atoms with E-state index in [1.807, 2.05) is 43.3 Å². The van der Waals surface area contributed by atoms with Crippen LogP contribution in [-0.2, 0) is 9.59 Å². The topological polar surface area (TPSA) is 69.7 Å². The first kappa shape index (κ1) is 20.9. The molecule has 0 saturated carbocycles. The zero-order valence-electron chi connectivity index (χ0n) is 15.6. The van der Waals surface area contributed by atoms with Crippen molar-refractivity contribution >= 4 is 57.9 Å². The molecule has 1 fully saturated rings. The maximum absolute atomic E-state index is 13.2. The summed E-state index contributed by atoms with van der Waals surface area (Å²) in [6.45, 7) is -0.448. The van der Waals surface area contributed by atoms with Crippen LogP contribution in [0, 0.1) is 5.82 Å². The molecule has 6 nitrogen and oxygen atoms in total. The van der Waals surface area contributed by atoms with E-state index in [1.54, 1.807) is 6.08 Å². The van der Waals surface area contributed by atoms with Gasteiger partial charge in [0.1, 0.15) is 12.4 Å². The number of thioether (sulfide) groups is 1. The van der Waals surface area contributed by atoms with Gasteiger partial charge in [0.25, 0.3) is 11.1 Å². The summed E-state index contributed by atoms with van der Waals surface area (Å²) in [5.74, 6) is -1.74. The summed E-state index contributed by atoms with van der Waals surface area (Å²) in [4.78, 5) is 40.0. The molecule has 0 spiro atoms. The fourth-order valence-electron chi connectivity index (χ4n) is 2.57. The lowest BCUT2D eigenvalue weighted by molar-refractivity contribution is -0.127. The van der Waals surface area contributed by atoms with Crippen LogP contribution in [0.2, 0.25) is 5.02 Å². The molecule has 1 heterocycles. The average molecular weight is 434 g/mol. The summed E-state index contributed by atoms with van der Waals surface area (Å²) in [5, 5.41) is 1.82. The summed E-state index contributed by atoms with van der Waals surface area (Å²) in [6, 6.07) is 11.2. The smallest absolute Gasteiger partial charge is 0.294 e. The maximum atomic E-state index is 13.2. The van der Waals surface area contributed by atoms with Crippen LogP contribution in [0.15, 0.2) is 47.4 Å². The van der Waals surface area contributed by atoms with Crippen LogP contribution in [-0.4, -0.2) is 42.6 Å². The van der Waals surface area contributed by atoms with Crippen molar-refractivity contribution in [2.24, 2.45) is 0 Å². The molecule has 0 bridgehead atoms. The van der Waals surface area contributed by atoms with E-state index in [-0.39, 0.29) is 15.6 Å². The van der Waals surface area contributed by atoms with Crippen molar-refractivity contribution in [3.8, 4) is 0 Å².